The summed E-state index contributed by atoms with van der Waals surface area (Å²) >= 11 is 1.71. The number of thiophene rings is 1. The standard InChI is InChI=1S/C13H16N4S.2ClH/c14-11-3-10(4-11)12-5-13(17-8-16-12)15-6-9-1-2-18-7-9;;/h1-2,5,7-8,10-11H,3-4,6,14H2,(H,15,16,17);2*1H. The summed E-state index contributed by atoms with van der Waals surface area (Å²) in [6.45, 7) is 0.810. The van der Waals surface area contributed by atoms with E-state index in [0.29, 0.717) is 12.0 Å². The Balaban J connectivity index is 0.000001000. The van der Waals surface area contributed by atoms with Gasteiger partial charge in [0.05, 0.1) is 0 Å². The molecule has 0 spiro atoms. The molecule has 1 saturated carbocycles. The Labute approximate surface area is 135 Å². The smallest absolute Gasteiger partial charge is 0.129 e. The number of halogens is 2. The Kier molecular flexibility index (Phi) is 6.68. The molecule has 0 aliphatic heterocycles. The topological polar surface area (TPSA) is 63.8 Å². The van der Waals surface area contributed by atoms with Crippen LogP contribution in [0.5, 0.6) is 0 Å². The fraction of sp³-hybridized carbons (Fsp3) is 0.385. The van der Waals surface area contributed by atoms with Crippen LogP contribution in [0.4, 0.5) is 5.82 Å². The van der Waals surface area contributed by atoms with Crippen molar-refractivity contribution in [1.29, 1.82) is 0 Å². The molecule has 0 aromatic carbocycles. The lowest BCUT2D eigenvalue weighted by molar-refractivity contribution is 0.345. The highest BCUT2D eigenvalue weighted by molar-refractivity contribution is 7.07. The molecule has 0 unspecified atom stereocenters. The first-order valence-electron chi connectivity index (χ1n) is 6.14. The monoisotopic (exact) mass is 332 g/mol. The molecule has 0 bridgehead atoms. The summed E-state index contributed by atoms with van der Waals surface area (Å²) in [5.74, 6) is 1.41. The van der Waals surface area contributed by atoms with Gasteiger partial charge in [-0.2, -0.15) is 11.3 Å². The van der Waals surface area contributed by atoms with E-state index < -0.39 is 0 Å². The maximum atomic E-state index is 5.81. The Bertz CT molecular complexity index is 515. The van der Waals surface area contributed by atoms with Crippen molar-refractivity contribution in [3.63, 3.8) is 0 Å². The Morgan fingerprint density at radius 1 is 1.30 bits per heavy atom. The van der Waals surface area contributed by atoms with Gasteiger partial charge < -0.3 is 11.1 Å². The maximum Gasteiger partial charge on any atom is 0.129 e. The largest absolute Gasteiger partial charge is 0.366 e. The Hall–Kier alpha value is -0.880. The third kappa shape index (κ3) is 4.06. The van der Waals surface area contributed by atoms with Crippen LogP contribution in [0, 0.1) is 0 Å². The van der Waals surface area contributed by atoms with Crippen molar-refractivity contribution < 1.29 is 0 Å². The van der Waals surface area contributed by atoms with E-state index in [1.54, 1.807) is 17.7 Å². The fourth-order valence-corrected chi connectivity index (χ4v) is 2.85. The first-order chi connectivity index (χ1) is 8.81. The van der Waals surface area contributed by atoms with Gasteiger partial charge in [-0.05, 0) is 35.2 Å². The zero-order valence-corrected chi connectivity index (χ0v) is 13.3. The molecule has 2 heterocycles. The van der Waals surface area contributed by atoms with E-state index in [9.17, 15) is 0 Å². The van der Waals surface area contributed by atoms with Crippen molar-refractivity contribution in [2.75, 3.05) is 5.32 Å². The molecule has 0 atom stereocenters. The minimum atomic E-state index is 0. The minimum absolute atomic E-state index is 0. The van der Waals surface area contributed by atoms with Gasteiger partial charge in [0.2, 0.25) is 0 Å². The molecule has 2 aromatic rings. The summed E-state index contributed by atoms with van der Waals surface area (Å²) in [5.41, 5.74) is 8.20. The predicted molar refractivity (Wildman–Crippen MR) is 88.1 cm³/mol. The molecule has 7 heteroatoms. The third-order valence-electron chi connectivity index (χ3n) is 3.33. The number of anilines is 1. The summed E-state index contributed by atoms with van der Waals surface area (Å²) in [6.07, 6.45) is 3.72. The lowest BCUT2D eigenvalue weighted by Gasteiger charge is -2.31. The van der Waals surface area contributed by atoms with Gasteiger partial charge >= 0.3 is 0 Å². The number of aromatic nitrogens is 2. The first kappa shape index (κ1) is 17.2. The van der Waals surface area contributed by atoms with E-state index in [2.05, 4.69) is 32.1 Å². The molecule has 1 aliphatic carbocycles. The van der Waals surface area contributed by atoms with E-state index in [4.69, 9.17) is 5.73 Å². The van der Waals surface area contributed by atoms with Crippen LogP contribution >= 0.6 is 36.2 Å². The molecule has 2 aromatic heterocycles. The second-order valence-electron chi connectivity index (χ2n) is 4.74. The van der Waals surface area contributed by atoms with Crippen LogP contribution in [-0.2, 0) is 6.54 Å². The summed E-state index contributed by atoms with van der Waals surface area (Å²) in [5, 5.41) is 7.55. The van der Waals surface area contributed by atoms with Gasteiger partial charge in [0.15, 0.2) is 0 Å². The first-order valence-corrected chi connectivity index (χ1v) is 7.08. The number of hydrogen-bond acceptors (Lipinski definition) is 5. The minimum Gasteiger partial charge on any atom is -0.366 e. The van der Waals surface area contributed by atoms with Crippen LogP contribution in [-0.4, -0.2) is 16.0 Å². The molecular weight excluding hydrogens is 315 g/mol. The van der Waals surface area contributed by atoms with Crippen LogP contribution in [0.1, 0.15) is 30.0 Å². The summed E-state index contributed by atoms with van der Waals surface area (Å²) in [4.78, 5) is 8.58. The van der Waals surface area contributed by atoms with E-state index in [1.165, 1.54) is 5.56 Å². The fourth-order valence-electron chi connectivity index (χ4n) is 2.18. The summed E-state index contributed by atoms with van der Waals surface area (Å²) in [7, 11) is 0. The highest BCUT2D eigenvalue weighted by Gasteiger charge is 2.28. The molecule has 0 amide bonds. The van der Waals surface area contributed by atoms with Gasteiger partial charge in [-0.3, -0.25) is 0 Å². The maximum absolute atomic E-state index is 5.81. The zero-order valence-electron chi connectivity index (χ0n) is 10.9. The van der Waals surface area contributed by atoms with E-state index in [0.717, 1.165) is 30.9 Å². The molecule has 1 aliphatic rings. The Morgan fingerprint density at radius 2 is 2.10 bits per heavy atom. The summed E-state index contributed by atoms with van der Waals surface area (Å²) in [6, 6.07) is 4.51. The van der Waals surface area contributed by atoms with Gasteiger partial charge in [0.25, 0.3) is 0 Å². The predicted octanol–water partition coefficient (Wildman–Crippen LogP) is 3.20. The average Bonchev–Trinajstić information content (AvgIpc) is 2.86. The van der Waals surface area contributed by atoms with Gasteiger partial charge in [0, 0.05) is 30.3 Å². The number of rotatable bonds is 4. The molecule has 3 rings (SSSR count). The van der Waals surface area contributed by atoms with Gasteiger partial charge in [-0.15, -0.1) is 24.8 Å². The number of nitrogens with zero attached hydrogens (tertiary/aromatic N) is 2. The quantitative estimate of drug-likeness (QED) is 0.902. The lowest BCUT2D eigenvalue weighted by Crippen LogP contribution is -2.35. The van der Waals surface area contributed by atoms with Crippen LogP contribution in [0.2, 0.25) is 0 Å². The second-order valence-corrected chi connectivity index (χ2v) is 5.52. The van der Waals surface area contributed by atoms with Crippen molar-refractivity contribution in [3.8, 4) is 0 Å². The Morgan fingerprint density at radius 3 is 2.75 bits per heavy atom. The SMILES string of the molecule is Cl.Cl.NC1CC(c2cc(NCc3ccsc3)ncn2)C1. The van der Waals surface area contributed by atoms with Crippen LogP contribution in [0.25, 0.3) is 0 Å². The molecule has 110 valence electrons. The van der Waals surface area contributed by atoms with Crippen molar-refractivity contribution in [2.45, 2.75) is 31.3 Å². The van der Waals surface area contributed by atoms with E-state index in [1.807, 2.05) is 6.07 Å². The lowest BCUT2D eigenvalue weighted by atomic mass is 9.79. The molecule has 1 fully saturated rings. The highest BCUT2D eigenvalue weighted by atomic mass is 35.5. The molecule has 0 radical (unpaired) electrons. The summed E-state index contributed by atoms with van der Waals surface area (Å²) < 4.78 is 0. The second kappa shape index (κ2) is 7.78. The number of nitrogens with one attached hydrogen (secondary N) is 1. The van der Waals surface area contributed by atoms with Crippen LogP contribution < -0.4 is 11.1 Å². The van der Waals surface area contributed by atoms with Crippen molar-refractivity contribution in [1.82, 2.24) is 9.97 Å². The molecular formula is C13H18Cl2N4S. The average molecular weight is 333 g/mol. The van der Waals surface area contributed by atoms with Crippen molar-refractivity contribution in [3.05, 3.63) is 40.5 Å². The van der Waals surface area contributed by atoms with Crippen molar-refractivity contribution >= 4 is 42.0 Å². The van der Waals surface area contributed by atoms with Crippen LogP contribution in [0.3, 0.4) is 0 Å². The third-order valence-corrected chi connectivity index (χ3v) is 4.07. The van der Waals surface area contributed by atoms with E-state index >= 15 is 0 Å². The van der Waals surface area contributed by atoms with Crippen LogP contribution in [0.15, 0.2) is 29.2 Å². The zero-order chi connectivity index (χ0) is 12.4. The van der Waals surface area contributed by atoms with Gasteiger partial charge in [0.1, 0.15) is 12.1 Å². The van der Waals surface area contributed by atoms with E-state index in [-0.39, 0.29) is 24.8 Å². The molecule has 4 nitrogen and oxygen atoms in total. The van der Waals surface area contributed by atoms with Gasteiger partial charge in [-0.1, -0.05) is 0 Å². The number of nitrogens with two attached hydrogens (primary N) is 1. The van der Waals surface area contributed by atoms with Crippen molar-refractivity contribution in [2.24, 2.45) is 5.73 Å². The molecule has 3 N–H and O–H groups in total. The normalized spacial score (nSPS) is 20.2. The van der Waals surface area contributed by atoms with Gasteiger partial charge in [-0.25, -0.2) is 9.97 Å². The molecule has 20 heavy (non-hydrogen) atoms. The highest BCUT2D eigenvalue weighted by Crippen LogP contribution is 2.34. The number of hydrogen-bond donors (Lipinski definition) is 2. The molecule has 0 saturated heterocycles.